The smallest absolute Gasteiger partial charge is 0.136 e. The molecule has 11 aromatic rings. The molecule has 0 saturated carbocycles. The van der Waals surface area contributed by atoms with Crippen molar-refractivity contribution in [1.82, 2.24) is 14.5 Å². The Morgan fingerprint density at radius 3 is 2.05 bits per heavy atom. The first-order valence-corrected chi connectivity index (χ1v) is 22.2. The van der Waals surface area contributed by atoms with Gasteiger partial charge in [-0.15, -0.1) is 53.6 Å². The number of pyridine rings is 1. The number of furan rings is 2. The fraction of sp³-hybridized carbons (Fsp3) is 0.200. The van der Waals surface area contributed by atoms with Gasteiger partial charge in [-0.2, -0.15) is 0 Å². The van der Waals surface area contributed by atoms with Crippen LogP contribution in [0.2, 0.25) is 0 Å². The van der Waals surface area contributed by atoms with E-state index in [1.54, 1.807) is 6.07 Å². The van der Waals surface area contributed by atoms with Crippen LogP contribution < -0.4 is 0 Å². The van der Waals surface area contributed by atoms with Gasteiger partial charge in [0.05, 0.1) is 22.4 Å². The molecule has 331 valence electrons. The average molecular weight is 1050 g/mol. The number of aryl methyl sites for hydroxylation is 2. The minimum Gasteiger partial charge on any atom is -0.501 e. The number of imidazole rings is 1. The molecule has 0 aliphatic rings. The Bertz CT molecular complexity index is 3760. The van der Waals surface area contributed by atoms with Gasteiger partial charge in [-0.1, -0.05) is 133 Å². The second-order valence-corrected chi connectivity index (χ2v) is 18.4. The van der Waals surface area contributed by atoms with Crippen LogP contribution in [0, 0.1) is 25.8 Å². The molecule has 1 radical (unpaired) electrons. The first kappa shape index (κ1) is 37.6. The SMILES string of the molecule is [2H]C([2H])([2H])c1c[c-]c(-c2nc3ccccc3n2-c2c(C(C)C)cc(-c3ccccc3)cc2C(C)C)c2oc3cc4c(cc3c12)oc1ccccc14.[2H]C([2H])([2H])c1cnc(-c2[c-]cccc2)cc1C(C)(C)C.[Ir]. The van der Waals surface area contributed by atoms with E-state index in [2.05, 4.69) is 91.8 Å². The van der Waals surface area contributed by atoms with E-state index < -0.39 is 13.7 Å². The second-order valence-electron chi connectivity index (χ2n) is 18.4. The summed E-state index contributed by atoms with van der Waals surface area (Å²) in [7, 11) is 0. The molecule has 0 amide bonds. The van der Waals surface area contributed by atoms with Crippen LogP contribution in [-0.4, -0.2) is 14.5 Å². The molecular formula is C60H53IrN3O2-2. The molecular weight excluding hydrogens is 987 g/mol. The third kappa shape index (κ3) is 7.97. The van der Waals surface area contributed by atoms with Gasteiger partial charge in [0.25, 0.3) is 0 Å². The minimum absolute atomic E-state index is 0. The van der Waals surface area contributed by atoms with Crippen LogP contribution in [0.3, 0.4) is 0 Å². The zero-order valence-electron chi connectivity index (χ0n) is 44.0. The van der Waals surface area contributed by atoms with E-state index in [1.165, 1.54) is 28.5 Å². The summed E-state index contributed by atoms with van der Waals surface area (Å²) < 4.78 is 63.8. The fourth-order valence-electron chi connectivity index (χ4n) is 9.02. The van der Waals surface area contributed by atoms with Gasteiger partial charge in [-0.05, 0) is 106 Å². The minimum atomic E-state index is -2.41. The maximum absolute atomic E-state index is 8.53. The third-order valence-electron chi connectivity index (χ3n) is 12.3. The molecule has 0 fully saturated rings. The first-order valence-electron chi connectivity index (χ1n) is 25.2. The summed E-state index contributed by atoms with van der Waals surface area (Å²) in [4.78, 5) is 9.55. The number of benzene rings is 7. The zero-order valence-corrected chi connectivity index (χ0v) is 40.4. The van der Waals surface area contributed by atoms with Crippen molar-refractivity contribution in [3.63, 3.8) is 0 Å². The van der Waals surface area contributed by atoms with Crippen LogP contribution in [0.5, 0.6) is 0 Å². The van der Waals surface area contributed by atoms with Crippen molar-refractivity contribution in [3.05, 3.63) is 186 Å². The molecule has 4 aromatic heterocycles. The number of para-hydroxylation sites is 3. The molecule has 0 aliphatic carbocycles. The van der Waals surface area contributed by atoms with Gasteiger partial charge < -0.3 is 18.4 Å². The summed E-state index contributed by atoms with van der Waals surface area (Å²) in [5.41, 5.74) is 13.3. The normalized spacial score (nSPS) is 13.6. The molecule has 0 atom stereocenters. The number of hydrogen-bond donors (Lipinski definition) is 0. The molecule has 0 unspecified atom stereocenters. The number of rotatable bonds is 6. The Balaban J connectivity index is 0.000000257. The van der Waals surface area contributed by atoms with Crippen molar-refractivity contribution < 1.29 is 37.2 Å². The first-order chi connectivity index (χ1) is 33.8. The van der Waals surface area contributed by atoms with Crippen molar-refractivity contribution >= 4 is 54.9 Å². The molecule has 0 spiro atoms. The molecule has 11 rings (SSSR count). The van der Waals surface area contributed by atoms with Crippen LogP contribution in [0.25, 0.3) is 94.4 Å². The van der Waals surface area contributed by atoms with Crippen molar-refractivity contribution in [3.8, 4) is 39.5 Å². The second kappa shape index (κ2) is 17.7. The van der Waals surface area contributed by atoms with Crippen molar-refractivity contribution in [2.45, 2.75) is 79.4 Å². The Labute approximate surface area is 409 Å². The van der Waals surface area contributed by atoms with E-state index in [-0.39, 0.29) is 42.9 Å². The van der Waals surface area contributed by atoms with Crippen molar-refractivity contribution in [1.29, 1.82) is 0 Å². The zero-order chi connectivity index (χ0) is 50.1. The van der Waals surface area contributed by atoms with Crippen LogP contribution in [-0.2, 0) is 25.5 Å². The molecule has 0 saturated heterocycles. The summed E-state index contributed by atoms with van der Waals surface area (Å²) in [6.45, 7) is 10.4. The number of aromatic nitrogens is 3. The van der Waals surface area contributed by atoms with Gasteiger partial charge >= 0.3 is 0 Å². The van der Waals surface area contributed by atoms with Gasteiger partial charge in [-0.25, -0.2) is 0 Å². The largest absolute Gasteiger partial charge is 0.501 e. The predicted molar refractivity (Wildman–Crippen MR) is 270 cm³/mol. The molecule has 4 heterocycles. The Kier molecular flexibility index (Phi) is 10.1. The molecule has 0 bridgehead atoms. The molecule has 6 heteroatoms. The Hall–Kier alpha value is -6.59. The van der Waals surface area contributed by atoms with Crippen LogP contribution >= 0.6 is 0 Å². The van der Waals surface area contributed by atoms with Gasteiger partial charge in [-0.3, -0.25) is 4.98 Å². The van der Waals surface area contributed by atoms with Gasteiger partial charge in [0.1, 0.15) is 16.7 Å². The molecule has 0 aliphatic heterocycles. The fourth-order valence-corrected chi connectivity index (χ4v) is 9.02. The molecule has 66 heavy (non-hydrogen) atoms. The van der Waals surface area contributed by atoms with Gasteiger partial charge in [0, 0.05) is 56.4 Å². The number of nitrogens with zero attached hydrogens (tertiary/aromatic N) is 3. The summed E-state index contributed by atoms with van der Waals surface area (Å²) in [5, 5.41) is 3.08. The van der Waals surface area contributed by atoms with Crippen molar-refractivity contribution in [2.75, 3.05) is 0 Å². The summed E-state index contributed by atoms with van der Waals surface area (Å²) >= 11 is 0. The number of fused-ring (bicyclic) bond motifs is 7. The maximum Gasteiger partial charge on any atom is 0.136 e. The topological polar surface area (TPSA) is 57.0 Å². The monoisotopic (exact) mass is 1050 g/mol. The number of hydrogen-bond acceptors (Lipinski definition) is 4. The van der Waals surface area contributed by atoms with Crippen LogP contribution in [0.15, 0.2) is 155 Å². The van der Waals surface area contributed by atoms with Gasteiger partial charge in [0.15, 0.2) is 0 Å². The molecule has 5 nitrogen and oxygen atoms in total. The predicted octanol–water partition coefficient (Wildman–Crippen LogP) is 16.7. The van der Waals surface area contributed by atoms with Gasteiger partial charge in [0.2, 0.25) is 0 Å². The van der Waals surface area contributed by atoms with Crippen LogP contribution in [0.4, 0.5) is 0 Å². The molecule has 0 N–H and O–H groups in total. The Morgan fingerprint density at radius 2 is 1.33 bits per heavy atom. The molecule has 7 aromatic carbocycles. The van der Waals surface area contributed by atoms with Crippen LogP contribution in [0.1, 0.15) is 96.3 Å². The summed E-state index contributed by atoms with van der Waals surface area (Å²) in [6.07, 6.45) is 1.48. The van der Waals surface area contributed by atoms with E-state index in [4.69, 9.17) is 22.0 Å². The average Bonchev–Trinajstić information content (AvgIpc) is 4.03. The van der Waals surface area contributed by atoms with E-state index in [0.717, 1.165) is 49.9 Å². The van der Waals surface area contributed by atoms with E-state index in [0.29, 0.717) is 44.5 Å². The standard InChI is InChI=1S/C44H35N2O2.C16H18N.Ir/c1-25(2)32-21-29(28-13-7-6-8-14-28)22-33(26(3)4)42(32)46-37-17-11-10-16-36(37)45-44(46)31-20-19-27(5)41-35-24-39-34(23-40(35)48-43(31)41)30-15-9-12-18-38(30)47-39;1-12-11-17-15(10-14(12)16(2,3)4)13-8-6-5-7-9-13;/h6-19,21-26H,1-5H3;5-8,10-11H,1-4H3;/q2*-1;/i5D3;1D3;. The van der Waals surface area contributed by atoms with E-state index in [9.17, 15) is 0 Å². The van der Waals surface area contributed by atoms with E-state index in [1.807, 2.05) is 112 Å². The summed E-state index contributed by atoms with van der Waals surface area (Å²) in [6, 6.07) is 52.5. The third-order valence-corrected chi connectivity index (χ3v) is 12.3. The quantitative estimate of drug-likeness (QED) is 0.156. The van der Waals surface area contributed by atoms with E-state index >= 15 is 0 Å². The summed E-state index contributed by atoms with van der Waals surface area (Å²) in [5.74, 6) is 1.02. The Morgan fingerprint density at radius 1 is 0.652 bits per heavy atom. The maximum atomic E-state index is 8.53. The van der Waals surface area contributed by atoms with Crippen molar-refractivity contribution in [2.24, 2.45) is 0 Å².